The molecule has 1 aromatic heterocycles. The van der Waals surface area contributed by atoms with E-state index in [4.69, 9.17) is 5.84 Å². The van der Waals surface area contributed by atoms with Gasteiger partial charge in [0.15, 0.2) is 0 Å². The second-order valence-corrected chi connectivity index (χ2v) is 4.88. The highest BCUT2D eigenvalue weighted by Gasteiger charge is 2.21. The Bertz CT molecular complexity index is 387. The molecule has 0 aliphatic heterocycles. The fourth-order valence-electron chi connectivity index (χ4n) is 2.77. The van der Waals surface area contributed by atoms with Crippen LogP contribution in [0.3, 0.4) is 0 Å². The van der Waals surface area contributed by atoms with Crippen molar-refractivity contribution in [1.29, 1.82) is 0 Å². The second kappa shape index (κ2) is 6.00. The molecule has 0 spiro atoms. The first-order valence-electron chi connectivity index (χ1n) is 6.83. The van der Waals surface area contributed by atoms with Crippen LogP contribution in [0.5, 0.6) is 0 Å². The summed E-state index contributed by atoms with van der Waals surface area (Å²) in [5.41, 5.74) is 2.61. The molecule has 1 fully saturated rings. The van der Waals surface area contributed by atoms with Crippen molar-refractivity contribution in [3.05, 3.63) is 11.9 Å². The number of hydrogen-bond donors (Lipinski definition) is 2. The molecule has 18 heavy (non-hydrogen) atoms. The molecule has 3 N–H and O–H groups in total. The van der Waals surface area contributed by atoms with E-state index in [1.165, 1.54) is 32.1 Å². The van der Waals surface area contributed by atoms with Gasteiger partial charge in [-0.15, -0.1) is 0 Å². The van der Waals surface area contributed by atoms with Gasteiger partial charge in [-0.1, -0.05) is 19.3 Å². The minimum absolute atomic E-state index is 0.615. The van der Waals surface area contributed by atoms with Crippen molar-refractivity contribution in [3.8, 4) is 0 Å². The monoisotopic (exact) mass is 249 g/mol. The Morgan fingerprint density at radius 2 is 2.06 bits per heavy atom. The third kappa shape index (κ3) is 2.90. The molecule has 1 aromatic rings. The molecule has 1 saturated carbocycles. The number of aromatic nitrogens is 2. The van der Waals surface area contributed by atoms with E-state index in [1.807, 2.05) is 13.0 Å². The summed E-state index contributed by atoms with van der Waals surface area (Å²) in [6, 6.07) is 2.55. The number of nitrogens with two attached hydrogens (primary N) is 1. The summed E-state index contributed by atoms with van der Waals surface area (Å²) >= 11 is 0. The lowest BCUT2D eigenvalue weighted by atomic mass is 9.94. The van der Waals surface area contributed by atoms with Crippen LogP contribution in [0.15, 0.2) is 6.07 Å². The van der Waals surface area contributed by atoms with E-state index in [0.29, 0.717) is 11.9 Å². The lowest BCUT2D eigenvalue weighted by molar-refractivity contribution is 0.416. The van der Waals surface area contributed by atoms with Gasteiger partial charge in [0, 0.05) is 18.7 Å². The molecule has 1 aliphatic carbocycles. The molecule has 2 rings (SSSR count). The van der Waals surface area contributed by atoms with Crippen LogP contribution in [0.1, 0.15) is 44.9 Å². The summed E-state index contributed by atoms with van der Waals surface area (Å²) in [5.74, 6) is 7.89. The van der Waals surface area contributed by atoms with Crippen LogP contribution in [0.2, 0.25) is 0 Å². The van der Waals surface area contributed by atoms with Gasteiger partial charge in [0.25, 0.3) is 0 Å². The van der Waals surface area contributed by atoms with Crippen LogP contribution in [0, 0.1) is 6.92 Å². The van der Waals surface area contributed by atoms with Gasteiger partial charge in [-0.2, -0.15) is 0 Å². The highest BCUT2D eigenvalue weighted by molar-refractivity contribution is 5.49. The number of rotatable bonds is 4. The maximum absolute atomic E-state index is 5.45. The minimum Gasteiger partial charge on any atom is -0.354 e. The van der Waals surface area contributed by atoms with Crippen LogP contribution in [-0.2, 0) is 0 Å². The van der Waals surface area contributed by atoms with Gasteiger partial charge in [0.2, 0.25) is 0 Å². The molecule has 0 bridgehead atoms. The highest BCUT2D eigenvalue weighted by atomic mass is 15.3. The summed E-state index contributed by atoms with van der Waals surface area (Å²) in [7, 11) is 0. The quantitative estimate of drug-likeness (QED) is 0.632. The van der Waals surface area contributed by atoms with E-state index < -0.39 is 0 Å². The lowest BCUT2D eigenvalue weighted by Gasteiger charge is -2.34. The van der Waals surface area contributed by atoms with Crippen LogP contribution in [0.25, 0.3) is 0 Å². The molecule has 1 aliphatic rings. The van der Waals surface area contributed by atoms with Crippen LogP contribution in [-0.4, -0.2) is 22.6 Å². The van der Waals surface area contributed by atoms with Crippen molar-refractivity contribution in [3.63, 3.8) is 0 Å². The smallest absolute Gasteiger partial charge is 0.145 e. The van der Waals surface area contributed by atoms with E-state index in [9.17, 15) is 0 Å². The standard InChI is InChI=1S/C13H23N5/c1-3-18(11-7-5-4-6-8-11)13-9-12(17-14)15-10(2)16-13/h9,11H,3-8,14H2,1-2H3,(H,15,16,17). The first-order chi connectivity index (χ1) is 8.74. The summed E-state index contributed by atoms with van der Waals surface area (Å²) in [6.45, 7) is 5.06. The molecule has 0 radical (unpaired) electrons. The Hall–Kier alpha value is -1.36. The summed E-state index contributed by atoms with van der Waals surface area (Å²) < 4.78 is 0. The third-order valence-electron chi connectivity index (χ3n) is 3.62. The first kappa shape index (κ1) is 13.1. The van der Waals surface area contributed by atoms with Crippen molar-refractivity contribution in [1.82, 2.24) is 9.97 Å². The number of nitrogen functional groups attached to an aromatic ring is 1. The number of hydrazine groups is 1. The Balaban J connectivity index is 2.22. The Morgan fingerprint density at radius 3 is 2.67 bits per heavy atom. The van der Waals surface area contributed by atoms with Crippen LogP contribution in [0.4, 0.5) is 11.6 Å². The predicted molar refractivity (Wildman–Crippen MR) is 74.5 cm³/mol. The average Bonchev–Trinajstić information content (AvgIpc) is 2.40. The van der Waals surface area contributed by atoms with Gasteiger partial charge in [0.1, 0.15) is 17.5 Å². The predicted octanol–water partition coefficient (Wildman–Crippen LogP) is 2.23. The summed E-state index contributed by atoms with van der Waals surface area (Å²) in [6.07, 6.45) is 6.55. The number of nitrogens with one attached hydrogen (secondary N) is 1. The maximum atomic E-state index is 5.45. The second-order valence-electron chi connectivity index (χ2n) is 4.88. The SMILES string of the molecule is CCN(c1cc(NN)nc(C)n1)C1CCCCC1. The van der Waals surface area contributed by atoms with E-state index in [2.05, 4.69) is 27.2 Å². The van der Waals surface area contributed by atoms with Gasteiger partial charge in [-0.3, -0.25) is 0 Å². The first-order valence-corrected chi connectivity index (χ1v) is 6.83. The molecule has 0 amide bonds. The summed E-state index contributed by atoms with van der Waals surface area (Å²) in [4.78, 5) is 11.2. The van der Waals surface area contributed by atoms with Gasteiger partial charge in [-0.05, 0) is 26.7 Å². The van der Waals surface area contributed by atoms with Crippen LogP contribution < -0.4 is 16.2 Å². The third-order valence-corrected chi connectivity index (χ3v) is 3.62. The lowest BCUT2D eigenvalue weighted by Crippen LogP contribution is -2.37. The molecule has 100 valence electrons. The van der Waals surface area contributed by atoms with E-state index >= 15 is 0 Å². The van der Waals surface area contributed by atoms with Crippen molar-refractivity contribution < 1.29 is 0 Å². The van der Waals surface area contributed by atoms with Crippen molar-refractivity contribution in [2.45, 2.75) is 52.0 Å². The molecular weight excluding hydrogens is 226 g/mol. The fraction of sp³-hybridized carbons (Fsp3) is 0.692. The minimum atomic E-state index is 0.615. The van der Waals surface area contributed by atoms with E-state index in [-0.39, 0.29) is 0 Å². The normalized spacial score (nSPS) is 16.6. The molecule has 0 saturated heterocycles. The molecule has 0 unspecified atom stereocenters. The van der Waals surface area contributed by atoms with Crippen molar-refractivity contribution in [2.75, 3.05) is 16.9 Å². The largest absolute Gasteiger partial charge is 0.354 e. The van der Waals surface area contributed by atoms with Gasteiger partial charge < -0.3 is 10.3 Å². The zero-order valence-electron chi connectivity index (χ0n) is 11.3. The Morgan fingerprint density at radius 1 is 1.33 bits per heavy atom. The molecule has 5 heteroatoms. The van der Waals surface area contributed by atoms with Gasteiger partial charge in [0.05, 0.1) is 0 Å². The molecule has 1 heterocycles. The number of nitrogens with zero attached hydrogens (tertiary/aromatic N) is 3. The zero-order chi connectivity index (χ0) is 13.0. The van der Waals surface area contributed by atoms with Gasteiger partial charge in [-0.25, -0.2) is 15.8 Å². The number of aryl methyl sites for hydroxylation is 1. The number of anilines is 2. The topological polar surface area (TPSA) is 67.1 Å². The number of hydrogen-bond acceptors (Lipinski definition) is 5. The Kier molecular flexibility index (Phi) is 4.36. The molecule has 5 nitrogen and oxygen atoms in total. The van der Waals surface area contributed by atoms with Gasteiger partial charge >= 0.3 is 0 Å². The zero-order valence-corrected chi connectivity index (χ0v) is 11.3. The fourth-order valence-corrected chi connectivity index (χ4v) is 2.77. The van der Waals surface area contributed by atoms with E-state index in [0.717, 1.165) is 18.2 Å². The molecular formula is C13H23N5. The maximum Gasteiger partial charge on any atom is 0.145 e. The Labute approximate surface area is 109 Å². The molecule has 0 atom stereocenters. The summed E-state index contributed by atoms with van der Waals surface area (Å²) in [5, 5.41) is 0. The average molecular weight is 249 g/mol. The van der Waals surface area contributed by atoms with Crippen molar-refractivity contribution in [2.24, 2.45) is 5.84 Å². The van der Waals surface area contributed by atoms with Crippen molar-refractivity contribution >= 4 is 11.6 Å². The molecule has 0 aromatic carbocycles. The highest BCUT2D eigenvalue weighted by Crippen LogP contribution is 2.26. The van der Waals surface area contributed by atoms with E-state index in [1.54, 1.807) is 0 Å². The van der Waals surface area contributed by atoms with Crippen LogP contribution >= 0.6 is 0 Å².